The molecule has 0 unspecified atom stereocenters. The van der Waals surface area contributed by atoms with Gasteiger partial charge in [0.15, 0.2) is 11.5 Å². The molecule has 6 rings (SSSR count). The lowest BCUT2D eigenvalue weighted by molar-refractivity contribution is -0.221. The van der Waals surface area contributed by atoms with Crippen LogP contribution in [0.1, 0.15) is 56.7 Å². The van der Waals surface area contributed by atoms with E-state index >= 15 is 0 Å². The SMILES string of the molecule is CC(=O)O[C@@]12CC[C@@H](N(CC(C)C)C(=O)C#Cc3ccccc3)[C@@H]3Oc4c(O)ccc5c4[C@@]31CCN(C)[C@@H]2C5. The molecule has 5 atom stereocenters. The number of hydrogen-bond donors (Lipinski definition) is 1. The van der Waals surface area contributed by atoms with E-state index in [1.165, 1.54) is 6.92 Å². The molecule has 4 aliphatic rings. The van der Waals surface area contributed by atoms with Gasteiger partial charge in [-0.3, -0.25) is 14.5 Å². The number of aromatic hydroxyl groups is 1. The molecule has 1 spiro atoms. The van der Waals surface area contributed by atoms with Crippen molar-refractivity contribution in [2.45, 2.75) is 75.7 Å². The van der Waals surface area contributed by atoms with Crippen molar-refractivity contribution in [2.24, 2.45) is 5.92 Å². The zero-order valence-electron chi connectivity index (χ0n) is 23.1. The molecule has 0 radical (unpaired) electrons. The minimum absolute atomic E-state index is 0.0164. The Morgan fingerprint density at radius 3 is 2.69 bits per heavy atom. The van der Waals surface area contributed by atoms with Crippen LogP contribution in [-0.2, 0) is 26.2 Å². The van der Waals surface area contributed by atoms with Gasteiger partial charge in [0.25, 0.3) is 5.91 Å². The van der Waals surface area contributed by atoms with E-state index < -0.39 is 17.1 Å². The lowest BCUT2D eigenvalue weighted by Crippen LogP contribution is -2.79. The molecule has 2 aromatic rings. The van der Waals surface area contributed by atoms with Gasteiger partial charge in [-0.25, -0.2) is 0 Å². The minimum Gasteiger partial charge on any atom is -0.504 e. The van der Waals surface area contributed by atoms with Gasteiger partial charge in [0.2, 0.25) is 0 Å². The highest BCUT2D eigenvalue weighted by Crippen LogP contribution is 2.67. The van der Waals surface area contributed by atoms with Gasteiger partial charge in [0.1, 0.15) is 11.7 Å². The van der Waals surface area contributed by atoms with Crippen LogP contribution in [0.5, 0.6) is 11.5 Å². The molecular formula is C32H36N2O5. The first-order valence-corrected chi connectivity index (χ1v) is 14.0. The molecule has 2 bridgehead atoms. The van der Waals surface area contributed by atoms with E-state index in [9.17, 15) is 14.7 Å². The first kappa shape index (κ1) is 25.8. The fraction of sp³-hybridized carbons (Fsp3) is 0.500. The Labute approximate surface area is 230 Å². The molecule has 7 nitrogen and oxygen atoms in total. The molecule has 7 heteroatoms. The van der Waals surface area contributed by atoms with Crippen LogP contribution in [0.15, 0.2) is 42.5 Å². The number of carbonyl (C=O) groups is 2. The number of nitrogens with zero attached hydrogens (tertiary/aromatic N) is 2. The monoisotopic (exact) mass is 528 g/mol. The summed E-state index contributed by atoms with van der Waals surface area (Å²) < 4.78 is 13.2. The number of esters is 1. The second kappa shape index (κ2) is 9.31. The van der Waals surface area contributed by atoms with Crippen LogP contribution in [0.2, 0.25) is 0 Å². The first-order chi connectivity index (χ1) is 18.7. The number of phenolic OH excluding ortho intramolecular Hbond substituents is 1. The number of likely N-dealkylation sites (N-methyl/N-ethyl adjacent to an activating group) is 1. The van der Waals surface area contributed by atoms with Crippen LogP contribution in [0, 0.1) is 17.8 Å². The average molecular weight is 529 g/mol. The quantitative estimate of drug-likeness (QED) is 0.482. The Hall–Kier alpha value is -3.50. The number of hydrogen-bond acceptors (Lipinski definition) is 6. The molecule has 39 heavy (non-hydrogen) atoms. The molecule has 1 saturated carbocycles. The molecular weight excluding hydrogens is 492 g/mol. The van der Waals surface area contributed by atoms with Gasteiger partial charge in [-0.15, -0.1) is 0 Å². The maximum absolute atomic E-state index is 13.8. The maximum atomic E-state index is 13.8. The van der Waals surface area contributed by atoms with Crippen LogP contribution in [0.4, 0.5) is 0 Å². The number of amides is 1. The van der Waals surface area contributed by atoms with Gasteiger partial charge >= 0.3 is 5.97 Å². The van der Waals surface area contributed by atoms with Crippen LogP contribution in [0.25, 0.3) is 0 Å². The Kier molecular flexibility index (Phi) is 6.15. The summed E-state index contributed by atoms with van der Waals surface area (Å²) in [4.78, 5) is 30.6. The van der Waals surface area contributed by atoms with Crippen molar-refractivity contribution in [1.82, 2.24) is 9.80 Å². The van der Waals surface area contributed by atoms with E-state index in [2.05, 4.69) is 37.6 Å². The van der Waals surface area contributed by atoms with Crippen molar-refractivity contribution >= 4 is 11.9 Å². The normalized spacial score (nSPS) is 30.0. The Morgan fingerprint density at radius 1 is 1.21 bits per heavy atom. The highest BCUT2D eigenvalue weighted by atomic mass is 16.6. The Bertz CT molecular complexity index is 1380. The third-order valence-electron chi connectivity index (χ3n) is 9.29. The van der Waals surface area contributed by atoms with Crippen molar-refractivity contribution in [2.75, 3.05) is 20.1 Å². The lowest BCUT2D eigenvalue weighted by atomic mass is 9.48. The van der Waals surface area contributed by atoms with E-state index in [0.717, 1.165) is 23.2 Å². The number of phenols is 1. The lowest BCUT2D eigenvalue weighted by Gasteiger charge is -2.65. The summed E-state index contributed by atoms with van der Waals surface area (Å²) in [5.41, 5.74) is 1.41. The summed E-state index contributed by atoms with van der Waals surface area (Å²) in [5, 5.41) is 11.0. The van der Waals surface area contributed by atoms with E-state index in [4.69, 9.17) is 9.47 Å². The Morgan fingerprint density at radius 2 is 1.97 bits per heavy atom. The third kappa shape index (κ3) is 3.76. The summed E-state index contributed by atoms with van der Waals surface area (Å²) in [5.74, 6) is 6.17. The van der Waals surface area contributed by atoms with Crippen molar-refractivity contribution in [3.63, 3.8) is 0 Å². The van der Waals surface area contributed by atoms with Crippen LogP contribution < -0.4 is 4.74 Å². The molecule has 2 aliphatic carbocycles. The topological polar surface area (TPSA) is 79.3 Å². The Balaban J connectivity index is 1.48. The summed E-state index contributed by atoms with van der Waals surface area (Å²) in [6.45, 7) is 7.00. The van der Waals surface area contributed by atoms with E-state index in [1.807, 2.05) is 41.3 Å². The predicted molar refractivity (Wildman–Crippen MR) is 146 cm³/mol. The number of benzene rings is 2. The average Bonchev–Trinajstić information content (AvgIpc) is 3.26. The number of carbonyl (C=O) groups excluding carboxylic acids is 2. The van der Waals surface area contributed by atoms with E-state index in [0.29, 0.717) is 38.0 Å². The smallest absolute Gasteiger partial charge is 0.303 e. The zero-order valence-corrected chi connectivity index (χ0v) is 23.1. The summed E-state index contributed by atoms with van der Waals surface area (Å²) in [6.07, 6.45) is 2.17. The molecule has 2 heterocycles. The molecule has 0 aromatic heterocycles. The molecule has 204 valence electrons. The van der Waals surface area contributed by atoms with Gasteiger partial charge in [-0.05, 0) is 69.0 Å². The largest absolute Gasteiger partial charge is 0.504 e. The highest BCUT2D eigenvalue weighted by molar-refractivity contribution is 5.94. The number of ether oxygens (including phenoxy) is 2. The highest BCUT2D eigenvalue weighted by Gasteiger charge is 2.75. The molecule has 1 saturated heterocycles. The molecule has 1 N–H and O–H groups in total. The first-order valence-electron chi connectivity index (χ1n) is 14.0. The number of piperidine rings is 1. The number of likely N-dealkylation sites (tertiary alicyclic amines) is 1. The summed E-state index contributed by atoms with van der Waals surface area (Å²) in [7, 11) is 2.10. The van der Waals surface area contributed by atoms with E-state index in [-0.39, 0.29) is 35.6 Å². The fourth-order valence-electron chi connectivity index (χ4n) is 7.96. The van der Waals surface area contributed by atoms with Crippen LogP contribution in [-0.4, -0.2) is 70.7 Å². The van der Waals surface area contributed by atoms with Gasteiger partial charge < -0.3 is 19.5 Å². The second-order valence-electron chi connectivity index (χ2n) is 12.0. The second-order valence-corrected chi connectivity index (χ2v) is 12.0. The summed E-state index contributed by atoms with van der Waals surface area (Å²) in [6, 6.07) is 12.9. The third-order valence-corrected chi connectivity index (χ3v) is 9.29. The van der Waals surface area contributed by atoms with Gasteiger partial charge in [-0.1, -0.05) is 44.0 Å². The molecule has 2 aliphatic heterocycles. The van der Waals surface area contributed by atoms with Crippen LogP contribution in [0.3, 0.4) is 0 Å². The van der Waals surface area contributed by atoms with Gasteiger partial charge in [0.05, 0.1) is 17.5 Å². The molecule has 1 amide bonds. The number of rotatable bonds is 4. The van der Waals surface area contributed by atoms with Crippen molar-refractivity contribution in [1.29, 1.82) is 0 Å². The molecule has 2 aromatic carbocycles. The van der Waals surface area contributed by atoms with E-state index in [1.54, 1.807) is 6.07 Å². The zero-order chi connectivity index (χ0) is 27.5. The van der Waals surface area contributed by atoms with Gasteiger partial charge in [-0.2, -0.15) is 0 Å². The standard InChI is InChI=1S/C32H36N2O5/c1-20(2)19-34(27(37)13-10-22-8-6-5-7-9-22)24-14-15-32(39-21(3)35)26-18-23-11-12-25(36)29-28(23)31(32,30(24)38-29)16-17-33(26)4/h5-9,11-12,20,24,26,30,36H,14-19H2,1-4H3/t24-,26-,30+,31+,32-/m1/s1. The molecule has 2 fully saturated rings. The van der Waals surface area contributed by atoms with Crippen molar-refractivity contribution < 1.29 is 24.2 Å². The van der Waals surface area contributed by atoms with Crippen molar-refractivity contribution in [3.8, 4) is 23.3 Å². The predicted octanol–water partition coefficient (Wildman–Crippen LogP) is 3.65. The van der Waals surface area contributed by atoms with Crippen molar-refractivity contribution in [3.05, 3.63) is 59.2 Å². The summed E-state index contributed by atoms with van der Waals surface area (Å²) >= 11 is 0. The van der Waals surface area contributed by atoms with Crippen LogP contribution >= 0.6 is 0 Å². The minimum atomic E-state index is -0.804. The maximum Gasteiger partial charge on any atom is 0.303 e. The van der Waals surface area contributed by atoms with Gasteiger partial charge in [0, 0.05) is 30.5 Å². The fourth-order valence-corrected chi connectivity index (χ4v) is 7.96.